The Bertz CT molecular complexity index is 1080. The van der Waals surface area contributed by atoms with Gasteiger partial charge in [0, 0.05) is 10.5 Å². The molecular formula is C17H14N4O5S. The van der Waals surface area contributed by atoms with E-state index in [9.17, 15) is 13.2 Å². The Hall–Kier alpha value is -3.23. The molecule has 4 rings (SSSR count). The van der Waals surface area contributed by atoms with Gasteiger partial charge in [0.2, 0.25) is 5.72 Å². The number of sulfonamides is 1. The van der Waals surface area contributed by atoms with Crippen LogP contribution < -0.4 is 4.74 Å². The number of nitrogens with zero attached hydrogens (tertiary/aromatic N) is 4. The molecule has 10 heteroatoms. The molecule has 0 radical (unpaired) electrons. The molecule has 0 aliphatic carbocycles. The number of carbonyl (C=O) groups is 1. The molecule has 0 aromatic heterocycles. The van der Waals surface area contributed by atoms with Crippen molar-refractivity contribution in [2.75, 3.05) is 6.61 Å². The summed E-state index contributed by atoms with van der Waals surface area (Å²) < 4.78 is 37.9. The third-order valence-corrected chi connectivity index (χ3v) is 6.37. The molecule has 0 N–H and O–H groups in total. The van der Waals surface area contributed by atoms with Gasteiger partial charge in [0.1, 0.15) is 11.8 Å². The Labute approximate surface area is 154 Å². The summed E-state index contributed by atoms with van der Waals surface area (Å²) in [7, 11) is -4.31. The fourth-order valence-electron chi connectivity index (χ4n) is 3.31. The molecule has 138 valence electrons. The topological polar surface area (TPSA) is 122 Å². The van der Waals surface area contributed by atoms with Crippen LogP contribution in [0.3, 0.4) is 0 Å². The van der Waals surface area contributed by atoms with Gasteiger partial charge in [-0.2, -0.15) is 4.31 Å². The quantitative estimate of drug-likeness (QED) is 0.455. The largest absolute Gasteiger partial charge is 0.462 e. The first-order chi connectivity index (χ1) is 12.9. The van der Waals surface area contributed by atoms with Crippen molar-refractivity contribution in [2.45, 2.75) is 23.6 Å². The minimum atomic E-state index is -4.31. The standard InChI is InChI=1S/C17H14N4O5S/c1-11-6-8-12(9-7-11)27(23,24)21-16(22)25-10-17(21)15(19-20-18)13-4-2-3-5-14(13)26-17/h2-9,15H,10H2,1H3/t15-,17-/m0/s1. The molecule has 2 aliphatic heterocycles. The molecule has 2 aromatic carbocycles. The molecule has 0 saturated carbocycles. The van der Waals surface area contributed by atoms with Crippen molar-refractivity contribution in [3.8, 4) is 5.75 Å². The lowest BCUT2D eigenvalue weighted by Gasteiger charge is -2.32. The molecule has 27 heavy (non-hydrogen) atoms. The van der Waals surface area contributed by atoms with Gasteiger partial charge < -0.3 is 9.47 Å². The third-order valence-electron chi connectivity index (χ3n) is 4.57. The fraction of sp³-hybridized carbons (Fsp3) is 0.235. The summed E-state index contributed by atoms with van der Waals surface area (Å²) in [6.45, 7) is 1.42. The monoisotopic (exact) mass is 386 g/mol. The van der Waals surface area contributed by atoms with E-state index in [0.29, 0.717) is 15.6 Å². The van der Waals surface area contributed by atoms with Crippen LogP contribution in [-0.4, -0.2) is 31.1 Å². The van der Waals surface area contributed by atoms with E-state index in [2.05, 4.69) is 10.0 Å². The second kappa shape index (κ2) is 5.90. The van der Waals surface area contributed by atoms with Crippen LogP contribution >= 0.6 is 0 Å². The molecule has 0 bridgehead atoms. The average molecular weight is 386 g/mol. The van der Waals surface area contributed by atoms with Crippen LogP contribution in [0.25, 0.3) is 10.4 Å². The van der Waals surface area contributed by atoms with Gasteiger partial charge in [0.05, 0.1) is 4.90 Å². The molecule has 0 unspecified atom stereocenters. The summed E-state index contributed by atoms with van der Waals surface area (Å²) >= 11 is 0. The summed E-state index contributed by atoms with van der Waals surface area (Å²) in [5, 5.41) is 3.72. The zero-order valence-electron chi connectivity index (χ0n) is 14.1. The molecule has 9 nitrogen and oxygen atoms in total. The Morgan fingerprint density at radius 1 is 1.22 bits per heavy atom. The molecule has 1 fully saturated rings. The van der Waals surface area contributed by atoms with Crippen molar-refractivity contribution in [1.29, 1.82) is 0 Å². The van der Waals surface area contributed by atoms with Gasteiger partial charge >= 0.3 is 6.09 Å². The van der Waals surface area contributed by atoms with Gasteiger partial charge in [-0.25, -0.2) is 13.2 Å². The van der Waals surface area contributed by atoms with Gasteiger partial charge in [-0.05, 0) is 30.7 Å². The van der Waals surface area contributed by atoms with Crippen LogP contribution in [0.2, 0.25) is 0 Å². The van der Waals surface area contributed by atoms with E-state index in [4.69, 9.17) is 15.0 Å². The minimum Gasteiger partial charge on any atom is -0.462 e. The lowest BCUT2D eigenvalue weighted by molar-refractivity contribution is -0.00155. The number of para-hydroxylation sites is 1. The number of benzene rings is 2. The first-order valence-corrected chi connectivity index (χ1v) is 9.45. The number of ether oxygens (including phenoxy) is 2. The Morgan fingerprint density at radius 2 is 1.93 bits per heavy atom. The van der Waals surface area contributed by atoms with Crippen molar-refractivity contribution in [3.05, 3.63) is 70.1 Å². The number of rotatable bonds is 3. The number of aryl methyl sites for hydroxylation is 1. The van der Waals surface area contributed by atoms with Crippen molar-refractivity contribution >= 4 is 16.1 Å². The molecule has 2 aromatic rings. The van der Waals surface area contributed by atoms with E-state index < -0.39 is 34.5 Å². The predicted molar refractivity (Wildman–Crippen MR) is 93.2 cm³/mol. The highest BCUT2D eigenvalue weighted by Gasteiger charge is 2.64. The fourth-order valence-corrected chi connectivity index (χ4v) is 4.84. The van der Waals surface area contributed by atoms with Gasteiger partial charge in [-0.3, -0.25) is 0 Å². The highest BCUT2D eigenvalue weighted by molar-refractivity contribution is 7.89. The molecule has 2 aliphatic rings. The van der Waals surface area contributed by atoms with Gasteiger partial charge in [-0.1, -0.05) is 41.0 Å². The summed E-state index contributed by atoms with van der Waals surface area (Å²) in [4.78, 5) is 15.2. The van der Waals surface area contributed by atoms with Crippen molar-refractivity contribution in [2.24, 2.45) is 5.11 Å². The summed E-state index contributed by atoms with van der Waals surface area (Å²) in [5.41, 5.74) is 8.55. The third kappa shape index (κ3) is 2.42. The van der Waals surface area contributed by atoms with Crippen LogP contribution in [0.15, 0.2) is 58.5 Å². The van der Waals surface area contributed by atoms with Gasteiger partial charge in [0.15, 0.2) is 6.61 Å². The first kappa shape index (κ1) is 17.2. The maximum atomic E-state index is 13.2. The number of fused-ring (bicyclic) bond motifs is 1. The van der Waals surface area contributed by atoms with Gasteiger partial charge in [0.25, 0.3) is 10.0 Å². The van der Waals surface area contributed by atoms with Crippen molar-refractivity contribution < 1.29 is 22.7 Å². The molecule has 2 heterocycles. The maximum absolute atomic E-state index is 13.2. The van der Waals surface area contributed by atoms with Crippen molar-refractivity contribution in [1.82, 2.24) is 4.31 Å². The normalized spacial score (nSPS) is 23.5. The first-order valence-electron chi connectivity index (χ1n) is 8.01. The second-order valence-corrected chi connectivity index (χ2v) is 8.02. The van der Waals surface area contributed by atoms with E-state index in [-0.39, 0.29) is 4.90 Å². The Morgan fingerprint density at radius 3 is 2.63 bits per heavy atom. The second-order valence-electron chi connectivity index (χ2n) is 6.23. The number of carbonyl (C=O) groups excluding carboxylic acids is 1. The molecule has 2 atom stereocenters. The van der Waals surface area contributed by atoms with Crippen LogP contribution in [0, 0.1) is 6.92 Å². The predicted octanol–water partition coefficient (Wildman–Crippen LogP) is 3.28. The number of azide groups is 1. The maximum Gasteiger partial charge on any atom is 0.427 e. The van der Waals surface area contributed by atoms with Crippen LogP contribution in [0.4, 0.5) is 4.79 Å². The molecule has 1 amide bonds. The lowest BCUT2D eigenvalue weighted by atomic mass is 10.0. The summed E-state index contributed by atoms with van der Waals surface area (Å²) in [5.74, 6) is 0.331. The lowest BCUT2D eigenvalue weighted by Crippen LogP contribution is -2.55. The Balaban J connectivity index is 1.89. The van der Waals surface area contributed by atoms with Gasteiger partial charge in [-0.15, -0.1) is 0 Å². The number of hydrogen-bond acceptors (Lipinski definition) is 6. The van der Waals surface area contributed by atoms with E-state index in [1.807, 2.05) is 6.92 Å². The average Bonchev–Trinajstić information content (AvgIpc) is 3.14. The highest BCUT2D eigenvalue weighted by atomic mass is 32.2. The van der Waals surface area contributed by atoms with Crippen LogP contribution in [0.5, 0.6) is 5.75 Å². The SMILES string of the molecule is Cc1ccc(S(=O)(=O)N2C(=O)OC[C@@]23Oc2ccccc2[C@@H]3N=[N+]=[N-])cc1. The van der Waals surface area contributed by atoms with E-state index in [1.54, 1.807) is 36.4 Å². The highest BCUT2D eigenvalue weighted by Crippen LogP contribution is 2.51. The minimum absolute atomic E-state index is 0.0921. The van der Waals surface area contributed by atoms with E-state index in [1.165, 1.54) is 12.1 Å². The summed E-state index contributed by atoms with van der Waals surface area (Å²) in [6.07, 6.45) is -1.08. The van der Waals surface area contributed by atoms with E-state index >= 15 is 0 Å². The molecule has 1 saturated heterocycles. The zero-order chi connectivity index (χ0) is 19.2. The summed E-state index contributed by atoms with van der Waals surface area (Å²) in [6, 6.07) is 11.6. The number of amides is 1. The molecular weight excluding hydrogens is 372 g/mol. The number of hydrogen-bond donors (Lipinski definition) is 0. The Kier molecular flexibility index (Phi) is 3.76. The van der Waals surface area contributed by atoms with Crippen molar-refractivity contribution in [3.63, 3.8) is 0 Å². The smallest absolute Gasteiger partial charge is 0.427 e. The number of cyclic esters (lactones) is 1. The van der Waals surface area contributed by atoms with Crippen LogP contribution in [0.1, 0.15) is 17.2 Å². The van der Waals surface area contributed by atoms with E-state index in [0.717, 1.165) is 5.56 Å². The van der Waals surface area contributed by atoms with Crippen LogP contribution in [-0.2, 0) is 14.8 Å². The zero-order valence-corrected chi connectivity index (χ0v) is 15.0. The molecule has 1 spiro atoms.